The van der Waals surface area contributed by atoms with Gasteiger partial charge in [-0.3, -0.25) is 4.79 Å². The number of hydrazone groups is 1. The number of nitrogens with zero attached hydrogens (tertiary/aromatic N) is 2. The first-order valence-electron chi connectivity index (χ1n) is 6.86. The minimum Gasteiger partial charge on any atom is -0.272 e. The lowest BCUT2D eigenvalue weighted by Crippen LogP contribution is -2.32. The van der Waals surface area contributed by atoms with Crippen LogP contribution in [0.5, 0.6) is 0 Å². The van der Waals surface area contributed by atoms with E-state index < -0.39 is 0 Å². The molecule has 0 aromatic heterocycles. The van der Waals surface area contributed by atoms with Crippen LogP contribution in [-0.2, 0) is 17.6 Å². The van der Waals surface area contributed by atoms with Crippen molar-refractivity contribution >= 4 is 17.3 Å². The van der Waals surface area contributed by atoms with Crippen LogP contribution < -0.4 is 5.01 Å². The first-order valence-corrected chi connectivity index (χ1v) is 6.86. The van der Waals surface area contributed by atoms with Crippen LogP contribution in [-0.4, -0.2) is 11.6 Å². The van der Waals surface area contributed by atoms with Crippen molar-refractivity contribution in [2.75, 3.05) is 5.01 Å². The fourth-order valence-electron chi connectivity index (χ4n) is 3.00. The van der Waals surface area contributed by atoms with Gasteiger partial charge in [-0.25, -0.2) is 5.01 Å². The number of carbonyl (C=O) groups is 1. The molecule has 20 heavy (non-hydrogen) atoms. The SMILES string of the molecule is O=C1[C@H]2Cc3ccccc3CC2=NN1c1ccccc1. The zero-order valence-corrected chi connectivity index (χ0v) is 11.0. The molecule has 0 N–H and O–H groups in total. The second-order valence-corrected chi connectivity index (χ2v) is 5.28. The van der Waals surface area contributed by atoms with E-state index in [-0.39, 0.29) is 11.8 Å². The molecule has 0 unspecified atom stereocenters. The summed E-state index contributed by atoms with van der Waals surface area (Å²) in [5, 5.41) is 6.12. The molecule has 1 heterocycles. The third-order valence-electron chi connectivity index (χ3n) is 4.05. The average Bonchev–Trinajstić information content (AvgIpc) is 2.83. The van der Waals surface area contributed by atoms with E-state index in [1.165, 1.54) is 11.1 Å². The summed E-state index contributed by atoms with van der Waals surface area (Å²) in [6, 6.07) is 18.0. The predicted octanol–water partition coefficient (Wildman–Crippen LogP) is 2.80. The largest absolute Gasteiger partial charge is 0.272 e. The highest BCUT2D eigenvalue weighted by atomic mass is 16.2. The van der Waals surface area contributed by atoms with Crippen LogP contribution in [0.15, 0.2) is 59.7 Å². The summed E-state index contributed by atoms with van der Waals surface area (Å²) in [5.74, 6) is 0.0193. The molecule has 0 saturated heterocycles. The number of benzene rings is 2. The Labute approximate surface area is 117 Å². The lowest BCUT2D eigenvalue weighted by molar-refractivity contribution is -0.119. The van der Waals surface area contributed by atoms with Gasteiger partial charge in [-0.15, -0.1) is 0 Å². The normalized spacial score (nSPS) is 20.4. The molecule has 0 saturated carbocycles. The van der Waals surface area contributed by atoms with Gasteiger partial charge in [-0.05, 0) is 29.7 Å². The fourth-order valence-corrected chi connectivity index (χ4v) is 3.00. The summed E-state index contributed by atoms with van der Waals surface area (Å²) >= 11 is 0. The standard InChI is InChI=1S/C17H14N2O/c20-17-15-10-12-6-4-5-7-13(12)11-16(15)18-19(17)14-8-2-1-3-9-14/h1-9,15H,10-11H2/t15-/m0/s1. The highest BCUT2D eigenvalue weighted by Crippen LogP contribution is 2.31. The van der Waals surface area contributed by atoms with Crippen molar-refractivity contribution in [3.8, 4) is 0 Å². The zero-order valence-electron chi connectivity index (χ0n) is 11.0. The lowest BCUT2D eigenvalue weighted by Gasteiger charge is -2.20. The Balaban J connectivity index is 1.72. The van der Waals surface area contributed by atoms with Crippen molar-refractivity contribution in [3.05, 3.63) is 65.7 Å². The molecule has 1 aliphatic carbocycles. The minimum atomic E-state index is -0.0786. The van der Waals surface area contributed by atoms with E-state index in [0.717, 1.165) is 24.2 Å². The Bertz CT molecular complexity index is 706. The van der Waals surface area contributed by atoms with Gasteiger partial charge >= 0.3 is 0 Å². The number of hydrogen-bond acceptors (Lipinski definition) is 2. The molecular formula is C17H14N2O. The smallest absolute Gasteiger partial charge is 0.256 e. The van der Waals surface area contributed by atoms with E-state index in [1.807, 2.05) is 42.5 Å². The molecule has 0 spiro atoms. The van der Waals surface area contributed by atoms with Gasteiger partial charge < -0.3 is 0 Å². The van der Waals surface area contributed by atoms with Crippen LogP contribution in [0, 0.1) is 5.92 Å². The number of rotatable bonds is 1. The molecule has 1 aliphatic heterocycles. The summed E-state index contributed by atoms with van der Waals surface area (Å²) in [5.41, 5.74) is 4.42. The number of hydrogen-bond donors (Lipinski definition) is 0. The molecule has 1 amide bonds. The second-order valence-electron chi connectivity index (χ2n) is 5.28. The lowest BCUT2D eigenvalue weighted by atomic mass is 9.82. The Kier molecular flexibility index (Phi) is 2.46. The molecule has 3 nitrogen and oxygen atoms in total. The van der Waals surface area contributed by atoms with E-state index in [2.05, 4.69) is 17.2 Å². The molecule has 0 bridgehead atoms. The van der Waals surface area contributed by atoms with E-state index in [9.17, 15) is 4.79 Å². The molecule has 1 atom stereocenters. The van der Waals surface area contributed by atoms with Crippen molar-refractivity contribution in [1.29, 1.82) is 0 Å². The van der Waals surface area contributed by atoms with Gasteiger partial charge in [0.25, 0.3) is 5.91 Å². The first kappa shape index (κ1) is 11.4. The number of anilines is 1. The van der Waals surface area contributed by atoms with Crippen molar-refractivity contribution in [2.45, 2.75) is 12.8 Å². The van der Waals surface area contributed by atoms with Crippen molar-refractivity contribution in [1.82, 2.24) is 0 Å². The molecule has 4 rings (SSSR count). The Morgan fingerprint density at radius 2 is 1.65 bits per heavy atom. The van der Waals surface area contributed by atoms with Crippen LogP contribution in [0.3, 0.4) is 0 Å². The Hall–Kier alpha value is -2.42. The van der Waals surface area contributed by atoms with Crippen LogP contribution in [0.2, 0.25) is 0 Å². The molecule has 2 aromatic rings. The van der Waals surface area contributed by atoms with Gasteiger partial charge in [-0.2, -0.15) is 5.10 Å². The number of para-hydroxylation sites is 1. The van der Waals surface area contributed by atoms with Gasteiger partial charge in [0, 0.05) is 6.42 Å². The van der Waals surface area contributed by atoms with Crippen molar-refractivity contribution in [2.24, 2.45) is 11.0 Å². The van der Waals surface area contributed by atoms with E-state index in [4.69, 9.17) is 0 Å². The average molecular weight is 262 g/mol. The highest BCUT2D eigenvalue weighted by Gasteiger charge is 2.39. The Morgan fingerprint density at radius 3 is 2.45 bits per heavy atom. The van der Waals surface area contributed by atoms with E-state index >= 15 is 0 Å². The predicted molar refractivity (Wildman–Crippen MR) is 78.7 cm³/mol. The van der Waals surface area contributed by atoms with Gasteiger partial charge in [0.2, 0.25) is 0 Å². The van der Waals surface area contributed by atoms with Crippen LogP contribution in [0.4, 0.5) is 5.69 Å². The molecular weight excluding hydrogens is 248 g/mol. The summed E-state index contributed by atoms with van der Waals surface area (Å²) < 4.78 is 0. The van der Waals surface area contributed by atoms with Gasteiger partial charge in [0.05, 0.1) is 17.3 Å². The third kappa shape index (κ3) is 1.67. The van der Waals surface area contributed by atoms with E-state index in [1.54, 1.807) is 5.01 Å². The molecule has 98 valence electrons. The van der Waals surface area contributed by atoms with Crippen LogP contribution >= 0.6 is 0 Å². The van der Waals surface area contributed by atoms with Gasteiger partial charge in [-0.1, -0.05) is 42.5 Å². The molecule has 3 heteroatoms. The summed E-state index contributed by atoms with van der Waals surface area (Å²) in [4.78, 5) is 12.6. The minimum absolute atomic E-state index is 0.0786. The maximum atomic E-state index is 12.6. The quantitative estimate of drug-likeness (QED) is 0.777. The van der Waals surface area contributed by atoms with E-state index in [0.29, 0.717) is 0 Å². The van der Waals surface area contributed by atoms with Crippen molar-refractivity contribution < 1.29 is 4.79 Å². The monoisotopic (exact) mass is 262 g/mol. The Morgan fingerprint density at radius 1 is 0.950 bits per heavy atom. The maximum Gasteiger partial charge on any atom is 0.256 e. The van der Waals surface area contributed by atoms with Crippen LogP contribution in [0.1, 0.15) is 11.1 Å². The molecule has 2 aromatic carbocycles. The van der Waals surface area contributed by atoms with Gasteiger partial charge in [0.15, 0.2) is 0 Å². The second kappa shape index (κ2) is 4.30. The van der Waals surface area contributed by atoms with Gasteiger partial charge in [0.1, 0.15) is 0 Å². The van der Waals surface area contributed by atoms with Crippen LogP contribution in [0.25, 0.3) is 0 Å². The number of carbonyl (C=O) groups excluding carboxylic acids is 1. The summed E-state index contributed by atoms with van der Waals surface area (Å²) in [6.45, 7) is 0. The molecule has 0 radical (unpaired) electrons. The number of amides is 1. The van der Waals surface area contributed by atoms with Crippen molar-refractivity contribution in [3.63, 3.8) is 0 Å². The molecule has 2 aliphatic rings. The topological polar surface area (TPSA) is 32.7 Å². The summed E-state index contributed by atoms with van der Waals surface area (Å²) in [6.07, 6.45) is 1.56. The third-order valence-corrected chi connectivity index (χ3v) is 4.05. The maximum absolute atomic E-state index is 12.6. The highest BCUT2D eigenvalue weighted by molar-refractivity contribution is 6.16. The summed E-state index contributed by atoms with van der Waals surface area (Å²) in [7, 11) is 0. The fraction of sp³-hybridized carbons (Fsp3) is 0.176. The first-order chi connectivity index (χ1) is 9.83. The molecule has 0 fully saturated rings. The number of fused-ring (bicyclic) bond motifs is 2. The zero-order chi connectivity index (χ0) is 13.5.